The summed E-state index contributed by atoms with van der Waals surface area (Å²) in [5, 5.41) is 16.0. The lowest BCUT2D eigenvalue weighted by atomic mass is 10.0. The zero-order chi connectivity index (χ0) is 17.7. The van der Waals surface area contributed by atoms with Crippen LogP contribution in [0.4, 0.5) is 14.5 Å². The van der Waals surface area contributed by atoms with Crippen LogP contribution in [0.1, 0.15) is 31.1 Å². The Morgan fingerprint density at radius 2 is 1.79 bits per heavy atom. The monoisotopic (exact) mass is 334 g/mol. The average Bonchev–Trinajstić information content (AvgIpc) is 2.55. The highest BCUT2D eigenvalue weighted by atomic mass is 19.2. The summed E-state index contributed by atoms with van der Waals surface area (Å²) in [6, 6.07) is 10.3. The number of nitrogens with one attached hydrogen (secondary N) is 2. The van der Waals surface area contributed by atoms with Gasteiger partial charge in [0.15, 0.2) is 11.6 Å². The van der Waals surface area contributed by atoms with Gasteiger partial charge in [-0.3, -0.25) is 4.79 Å². The van der Waals surface area contributed by atoms with E-state index in [1.165, 1.54) is 13.0 Å². The summed E-state index contributed by atoms with van der Waals surface area (Å²) >= 11 is 0. The van der Waals surface area contributed by atoms with Gasteiger partial charge in [-0.15, -0.1) is 0 Å². The predicted molar refractivity (Wildman–Crippen MR) is 88.4 cm³/mol. The third-order valence-corrected chi connectivity index (χ3v) is 3.66. The summed E-state index contributed by atoms with van der Waals surface area (Å²) in [7, 11) is 0. The summed E-state index contributed by atoms with van der Waals surface area (Å²) in [6.45, 7) is 3.69. The van der Waals surface area contributed by atoms with E-state index in [2.05, 4.69) is 10.6 Å². The Bertz CT molecular complexity index is 705. The Morgan fingerprint density at radius 3 is 2.38 bits per heavy atom. The van der Waals surface area contributed by atoms with E-state index in [-0.39, 0.29) is 11.9 Å². The molecule has 2 aromatic carbocycles. The molecule has 128 valence electrons. The van der Waals surface area contributed by atoms with Gasteiger partial charge in [-0.2, -0.15) is 0 Å². The highest BCUT2D eigenvalue weighted by molar-refractivity contribution is 5.88. The first-order valence-electron chi connectivity index (χ1n) is 7.59. The first-order chi connectivity index (χ1) is 11.4. The molecule has 24 heavy (non-hydrogen) atoms. The molecule has 0 saturated heterocycles. The van der Waals surface area contributed by atoms with Gasteiger partial charge in [0.25, 0.3) is 0 Å². The molecule has 0 aliphatic rings. The van der Waals surface area contributed by atoms with E-state index in [0.29, 0.717) is 17.8 Å². The Hall–Kier alpha value is -2.31. The molecule has 0 spiro atoms. The molecule has 6 heteroatoms. The quantitative estimate of drug-likeness (QED) is 0.760. The number of carbonyl (C=O) groups excluding carboxylic acids is 1. The van der Waals surface area contributed by atoms with E-state index in [4.69, 9.17) is 0 Å². The largest absolute Gasteiger partial charge is 0.387 e. The average molecular weight is 334 g/mol. The number of anilines is 1. The van der Waals surface area contributed by atoms with Crippen molar-refractivity contribution >= 4 is 11.6 Å². The molecule has 2 atom stereocenters. The summed E-state index contributed by atoms with van der Waals surface area (Å²) in [5.74, 6) is -2.05. The molecule has 0 aliphatic carbocycles. The second-order valence-corrected chi connectivity index (χ2v) is 5.67. The molecular formula is C18H20F2N2O2. The summed E-state index contributed by atoms with van der Waals surface area (Å²) < 4.78 is 26.2. The van der Waals surface area contributed by atoms with E-state index < -0.39 is 17.7 Å². The third kappa shape index (κ3) is 4.84. The van der Waals surface area contributed by atoms with Crippen molar-refractivity contribution in [1.29, 1.82) is 0 Å². The molecule has 2 aromatic rings. The van der Waals surface area contributed by atoms with Crippen molar-refractivity contribution in [3.63, 3.8) is 0 Å². The van der Waals surface area contributed by atoms with Crippen molar-refractivity contribution in [2.75, 3.05) is 5.32 Å². The molecule has 1 amide bonds. The number of halogens is 2. The van der Waals surface area contributed by atoms with Crippen LogP contribution in [0.2, 0.25) is 0 Å². The van der Waals surface area contributed by atoms with Crippen LogP contribution >= 0.6 is 0 Å². The minimum atomic E-state index is -0.979. The minimum Gasteiger partial charge on any atom is -0.387 e. The number of aliphatic hydroxyl groups excluding tert-OH is 1. The SMILES string of the molecule is CC(=O)Nc1ccc(CNC(C)C(O)c2ccc(F)c(F)c2)cc1. The maximum absolute atomic E-state index is 13.2. The van der Waals surface area contributed by atoms with Crippen LogP contribution in [-0.2, 0) is 11.3 Å². The standard InChI is InChI=1S/C18H20F2N2O2/c1-11(18(24)14-5-8-16(19)17(20)9-14)21-10-13-3-6-15(7-4-13)22-12(2)23/h3-9,11,18,21,24H,10H2,1-2H3,(H,22,23). The molecule has 2 unspecified atom stereocenters. The number of benzene rings is 2. The molecule has 0 radical (unpaired) electrons. The smallest absolute Gasteiger partial charge is 0.221 e. The number of hydrogen-bond donors (Lipinski definition) is 3. The lowest BCUT2D eigenvalue weighted by molar-refractivity contribution is -0.114. The van der Waals surface area contributed by atoms with Crippen LogP contribution in [0.15, 0.2) is 42.5 Å². The highest BCUT2D eigenvalue weighted by Crippen LogP contribution is 2.19. The topological polar surface area (TPSA) is 61.4 Å². The van der Waals surface area contributed by atoms with Gasteiger partial charge in [-0.1, -0.05) is 18.2 Å². The zero-order valence-corrected chi connectivity index (χ0v) is 13.5. The van der Waals surface area contributed by atoms with E-state index >= 15 is 0 Å². The van der Waals surface area contributed by atoms with Gasteiger partial charge in [0, 0.05) is 25.2 Å². The lowest BCUT2D eigenvalue weighted by Crippen LogP contribution is -2.31. The van der Waals surface area contributed by atoms with E-state index in [1.54, 1.807) is 19.1 Å². The summed E-state index contributed by atoms with van der Waals surface area (Å²) in [4.78, 5) is 11.0. The maximum Gasteiger partial charge on any atom is 0.221 e. The van der Waals surface area contributed by atoms with Crippen LogP contribution < -0.4 is 10.6 Å². The number of carbonyl (C=O) groups is 1. The molecule has 0 saturated carbocycles. The normalized spacial score (nSPS) is 13.4. The minimum absolute atomic E-state index is 0.135. The van der Waals surface area contributed by atoms with Crippen LogP contribution in [-0.4, -0.2) is 17.1 Å². The second-order valence-electron chi connectivity index (χ2n) is 5.67. The summed E-state index contributed by atoms with van der Waals surface area (Å²) in [5.41, 5.74) is 1.99. The van der Waals surface area contributed by atoms with Gasteiger partial charge in [0.2, 0.25) is 5.91 Å². The molecular weight excluding hydrogens is 314 g/mol. The first-order valence-corrected chi connectivity index (χ1v) is 7.59. The molecule has 3 N–H and O–H groups in total. The Balaban J connectivity index is 1.93. The molecule has 0 bridgehead atoms. The number of hydrogen-bond acceptors (Lipinski definition) is 3. The van der Waals surface area contributed by atoms with Crippen LogP contribution in [0.5, 0.6) is 0 Å². The zero-order valence-electron chi connectivity index (χ0n) is 13.5. The van der Waals surface area contributed by atoms with E-state index in [9.17, 15) is 18.7 Å². The lowest BCUT2D eigenvalue weighted by Gasteiger charge is -2.21. The summed E-state index contributed by atoms with van der Waals surface area (Å²) in [6.07, 6.45) is -0.959. The maximum atomic E-state index is 13.2. The highest BCUT2D eigenvalue weighted by Gasteiger charge is 2.17. The fourth-order valence-corrected chi connectivity index (χ4v) is 2.28. The van der Waals surface area contributed by atoms with Crippen molar-refractivity contribution in [1.82, 2.24) is 5.32 Å². The number of rotatable bonds is 6. The Kier molecular flexibility index (Phi) is 6.00. The predicted octanol–water partition coefficient (Wildman–Crippen LogP) is 3.13. The Labute approximate surface area is 139 Å². The molecule has 2 rings (SSSR count). The van der Waals surface area contributed by atoms with Gasteiger partial charge in [-0.25, -0.2) is 8.78 Å². The fraction of sp³-hybridized carbons (Fsp3) is 0.278. The number of amides is 1. The first kappa shape index (κ1) is 18.0. The van der Waals surface area contributed by atoms with Crippen LogP contribution in [0.25, 0.3) is 0 Å². The van der Waals surface area contributed by atoms with Crippen molar-refractivity contribution in [3.05, 3.63) is 65.2 Å². The van der Waals surface area contributed by atoms with Crippen molar-refractivity contribution in [2.45, 2.75) is 32.5 Å². The van der Waals surface area contributed by atoms with Gasteiger partial charge in [0.1, 0.15) is 0 Å². The van der Waals surface area contributed by atoms with E-state index in [1.807, 2.05) is 12.1 Å². The van der Waals surface area contributed by atoms with Crippen molar-refractivity contribution < 1.29 is 18.7 Å². The van der Waals surface area contributed by atoms with Crippen molar-refractivity contribution in [2.24, 2.45) is 0 Å². The molecule has 4 nitrogen and oxygen atoms in total. The number of aliphatic hydroxyl groups is 1. The van der Waals surface area contributed by atoms with Gasteiger partial charge < -0.3 is 15.7 Å². The van der Waals surface area contributed by atoms with Crippen LogP contribution in [0.3, 0.4) is 0 Å². The molecule has 0 aliphatic heterocycles. The van der Waals surface area contributed by atoms with Crippen LogP contribution in [0, 0.1) is 11.6 Å². The molecule has 0 heterocycles. The fourth-order valence-electron chi connectivity index (χ4n) is 2.28. The second kappa shape index (κ2) is 7.99. The van der Waals surface area contributed by atoms with Crippen molar-refractivity contribution in [3.8, 4) is 0 Å². The van der Waals surface area contributed by atoms with Gasteiger partial charge in [0.05, 0.1) is 6.10 Å². The van der Waals surface area contributed by atoms with Gasteiger partial charge in [-0.05, 0) is 42.3 Å². The Morgan fingerprint density at radius 1 is 1.12 bits per heavy atom. The van der Waals surface area contributed by atoms with Gasteiger partial charge >= 0.3 is 0 Å². The molecule has 0 fully saturated rings. The third-order valence-electron chi connectivity index (χ3n) is 3.66. The molecule has 0 aromatic heterocycles. The van der Waals surface area contributed by atoms with E-state index in [0.717, 1.165) is 17.7 Å².